The van der Waals surface area contributed by atoms with Gasteiger partial charge in [-0.3, -0.25) is 4.79 Å². The summed E-state index contributed by atoms with van der Waals surface area (Å²) in [7, 11) is 0. The molecule has 0 saturated heterocycles. The minimum absolute atomic E-state index is 0.156. The number of aromatic nitrogens is 1. The highest BCUT2D eigenvalue weighted by molar-refractivity contribution is 9.10. The Morgan fingerprint density at radius 1 is 1.07 bits per heavy atom. The fraction of sp³-hybridized carbons (Fsp3) is 0.0909. The molecule has 6 nitrogen and oxygen atoms in total. The number of nitrogens with one attached hydrogen (secondary N) is 1. The van der Waals surface area contributed by atoms with Crippen molar-refractivity contribution in [1.82, 2.24) is 4.98 Å². The van der Waals surface area contributed by atoms with E-state index >= 15 is 0 Å². The Kier molecular flexibility index (Phi) is 5.22. The first-order chi connectivity index (χ1) is 14.0. The summed E-state index contributed by atoms with van der Waals surface area (Å²) >= 11 is 3.41. The number of halogens is 1. The van der Waals surface area contributed by atoms with E-state index in [0.717, 1.165) is 26.7 Å². The molecule has 2 aromatic carbocycles. The van der Waals surface area contributed by atoms with E-state index in [9.17, 15) is 4.79 Å². The fourth-order valence-electron chi connectivity index (χ4n) is 3.18. The Hall–Kier alpha value is -3.32. The minimum atomic E-state index is -0.156. The largest absolute Gasteiger partial charge is 0.451 e. The van der Waals surface area contributed by atoms with Gasteiger partial charge in [0.1, 0.15) is 11.4 Å². The predicted octanol–water partition coefficient (Wildman–Crippen LogP) is 4.79. The lowest BCUT2D eigenvalue weighted by Crippen LogP contribution is -2.07. The summed E-state index contributed by atoms with van der Waals surface area (Å²) in [6.45, 7) is 0.568. The van der Waals surface area contributed by atoms with Crippen LogP contribution in [0.15, 0.2) is 69.7 Å². The molecule has 0 aliphatic carbocycles. The third kappa shape index (κ3) is 4.09. The standard InChI is InChI=1S/C22H19BrN4O2/c23-15-6-7-19-16(11-15)20(24)21(29-19)18(28)10-13-3-1-4-14(9-13)12-27-17-5-2-8-26-22(17)25/h1-9,11,27H,10,12,24H2,(H2,25,26). The van der Waals surface area contributed by atoms with Gasteiger partial charge in [-0.05, 0) is 41.5 Å². The van der Waals surface area contributed by atoms with Crippen LogP contribution in [-0.2, 0) is 13.0 Å². The summed E-state index contributed by atoms with van der Waals surface area (Å²) in [4.78, 5) is 16.9. The number of nitrogen functional groups attached to an aromatic ring is 2. The van der Waals surface area contributed by atoms with Crippen molar-refractivity contribution in [2.45, 2.75) is 13.0 Å². The van der Waals surface area contributed by atoms with Gasteiger partial charge in [-0.25, -0.2) is 4.98 Å². The number of fused-ring (bicyclic) bond motifs is 1. The number of rotatable bonds is 6. The average Bonchev–Trinajstić information content (AvgIpc) is 3.04. The van der Waals surface area contributed by atoms with Crippen molar-refractivity contribution in [3.8, 4) is 0 Å². The van der Waals surface area contributed by atoms with Gasteiger partial charge >= 0.3 is 0 Å². The van der Waals surface area contributed by atoms with Crippen LogP contribution >= 0.6 is 15.9 Å². The second kappa shape index (κ2) is 7.97. The number of benzene rings is 2. The minimum Gasteiger partial charge on any atom is -0.451 e. The molecule has 146 valence electrons. The second-order valence-corrected chi connectivity index (χ2v) is 7.61. The zero-order valence-corrected chi connectivity index (χ0v) is 17.1. The van der Waals surface area contributed by atoms with Crippen LogP contribution in [0.2, 0.25) is 0 Å². The number of pyridine rings is 1. The second-order valence-electron chi connectivity index (χ2n) is 6.70. The Morgan fingerprint density at radius 3 is 2.72 bits per heavy atom. The highest BCUT2D eigenvalue weighted by Crippen LogP contribution is 2.31. The molecular formula is C22H19BrN4O2. The van der Waals surface area contributed by atoms with Crippen LogP contribution in [0.4, 0.5) is 17.2 Å². The molecule has 0 atom stereocenters. The molecule has 2 heterocycles. The summed E-state index contributed by atoms with van der Waals surface area (Å²) in [5, 5.41) is 3.99. The zero-order chi connectivity index (χ0) is 20.4. The summed E-state index contributed by atoms with van der Waals surface area (Å²) in [5.41, 5.74) is 15.7. The molecule has 0 aliphatic rings. The van der Waals surface area contributed by atoms with Crippen molar-refractivity contribution in [2.75, 3.05) is 16.8 Å². The van der Waals surface area contributed by atoms with E-state index in [1.165, 1.54) is 0 Å². The van der Waals surface area contributed by atoms with Crippen LogP contribution in [0.25, 0.3) is 11.0 Å². The third-order valence-corrected chi connectivity index (χ3v) is 5.11. The van der Waals surface area contributed by atoms with Crippen molar-refractivity contribution in [3.05, 3.63) is 82.2 Å². The average molecular weight is 451 g/mol. The van der Waals surface area contributed by atoms with Gasteiger partial charge in [0.05, 0.1) is 11.4 Å². The molecule has 0 unspecified atom stereocenters. The lowest BCUT2D eigenvalue weighted by atomic mass is 10.0. The number of hydrogen-bond acceptors (Lipinski definition) is 6. The topological polar surface area (TPSA) is 107 Å². The molecule has 0 saturated carbocycles. The molecule has 0 spiro atoms. The first kappa shape index (κ1) is 19.0. The molecule has 4 aromatic rings. The number of carbonyl (C=O) groups excluding carboxylic acids is 1. The molecule has 0 radical (unpaired) electrons. The van der Waals surface area contributed by atoms with Gasteiger partial charge in [0.15, 0.2) is 5.76 Å². The zero-order valence-electron chi connectivity index (χ0n) is 15.5. The monoisotopic (exact) mass is 450 g/mol. The van der Waals surface area contributed by atoms with Crippen molar-refractivity contribution in [3.63, 3.8) is 0 Å². The Labute approximate surface area is 176 Å². The normalized spacial score (nSPS) is 10.9. The van der Waals surface area contributed by atoms with Crippen LogP contribution in [0.5, 0.6) is 0 Å². The number of ketones is 1. The van der Waals surface area contributed by atoms with Crippen LogP contribution < -0.4 is 16.8 Å². The van der Waals surface area contributed by atoms with E-state index in [1.54, 1.807) is 12.3 Å². The van der Waals surface area contributed by atoms with Gasteiger partial charge in [-0.2, -0.15) is 0 Å². The smallest absolute Gasteiger partial charge is 0.204 e. The highest BCUT2D eigenvalue weighted by atomic mass is 79.9. The van der Waals surface area contributed by atoms with E-state index in [0.29, 0.717) is 23.6 Å². The Balaban J connectivity index is 1.50. The molecule has 0 amide bonds. The number of furan rings is 1. The molecule has 29 heavy (non-hydrogen) atoms. The van der Waals surface area contributed by atoms with E-state index < -0.39 is 0 Å². The van der Waals surface area contributed by atoms with E-state index in [-0.39, 0.29) is 18.0 Å². The molecule has 0 fully saturated rings. The summed E-state index contributed by atoms with van der Waals surface area (Å²) in [5.74, 6) is 0.493. The molecular weight excluding hydrogens is 432 g/mol. The van der Waals surface area contributed by atoms with Gasteiger partial charge in [-0.15, -0.1) is 0 Å². The molecule has 0 aliphatic heterocycles. The van der Waals surface area contributed by atoms with Gasteiger partial charge < -0.3 is 21.2 Å². The maximum absolute atomic E-state index is 12.8. The van der Waals surface area contributed by atoms with Crippen LogP contribution in [0.3, 0.4) is 0 Å². The summed E-state index contributed by atoms with van der Waals surface area (Å²) < 4.78 is 6.59. The number of nitrogens with zero attached hydrogens (tertiary/aromatic N) is 1. The summed E-state index contributed by atoms with van der Waals surface area (Å²) in [6, 6.07) is 17.0. The van der Waals surface area contributed by atoms with E-state index in [2.05, 4.69) is 26.2 Å². The number of anilines is 3. The first-order valence-electron chi connectivity index (χ1n) is 9.04. The quantitative estimate of drug-likeness (QED) is 0.364. The predicted molar refractivity (Wildman–Crippen MR) is 119 cm³/mol. The SMILES string of the molecule is Nc1ncccc1NCc1cccc(CC(=O)c2oc3ccc(Br)cc3c2N)c1. The highest BCUT2D eigenvalue weighted by Gasteiger charge is 2.19. The Morgan fingerprint density at radius 2 is 1.90 bits per heavy atom. The maximum atomic E-state index is 12.8. The third-order valence-electron chi connectivity index (χ3n) is 4.62. The van der Waals surface area contributed by atoms with Gasteiger partial charge in [0.2, 0.25) is 5.78 Å². The van der Waals surface area contributed by atoms with E-state index in [4.69, 9.17) is 15.9 Å². The van der Waals surface area contributed by atoms with Crippen LogP contribution in [0, 0.1) is 0 Å². The molecule has 2 aromatic heterocycles. The number of nitrogens with two attached hydrogens (primary N) is 2. The lowest BCUT2D eigenvalue weighted by Gasteiger charge is -2.09. The Bertz CT molecular complexity index is 1200. The first-order valence-corrected chi connectivity index (χ1v) is 9.83. The van der Waals surface area contributed by atoms with Crippen molar-refractivity contribution >= 4 is 49.9 Å². The number of Topliss-reactive ketones (excluding diaryl/α,β-unsaturated/α-hetero) is 1. The van der Waals surface area contributed by atoms with Crippen molar-refractivity contribution in [1.29, 1.82) is 0 Å². The molecule has 0 bridgehead atoms. The van der Waals surface area contributed by atoms with Gasteiger partial charge in [0, 0.05) is 29.0 Å². The number of hydrogen-bond donors (Lipinski definition) is 3. The molecule has 7 heteroatoms. The van der Waals surface area contributed by atoms with Crippen molar-refractivity contribution < 1.29 is 9.21 Å². The van der Waals surface area contributed by atoms with Gasteiger partial charge in [0.25, 0.3) is 0 Å². The van der Waals surface area contributed by atoms with Gasteiger partial charge in [-0.1, -0.05) is 40.2 Å². The maximum Gasteiger partial charge on any atom is 0.204 e. The van der Waals surface area contributed by atoms with Crippen LogP contribution in [-0.4, -0.2) is 10.8 Å². The summed E-state index contributed by atoms with van der Waals surface area (Å²) in [6.07, 6.45) is 1.85. The molecule has 5 N–H and O–H groups in total. The van der Waals surface area contributed by atoms with Crippen LogP contribution in [0.1, 0.15) is 21.7 Å². The number of carbonyl (C=O) groups is 1. The fourth-order valence-corrected chi connectivity index (χ4v) is 3.54. The lowest BCUT2D eigenvalue weighted by molar-refractivity contribution is 0.0969. The van der Waals surface area contributed by atoms with E-state index in [1.807, 2.05) is 48.5 Å². The van der Waals surface area contributed by atoms with Crippen molar-refractivity contribution in [2.24, 2.45) is 0 Å². The molecule has 4 rings (SSSR count).